The molecular weight excluding hydrogens is 369 g/mol. The van der Waals surface area contributed by atoms with Crippen LogP contribution in [0, 0.1) is 3.80 Å². The van der Waals surface area contributed by atoms with Crippen LogP contribution in [0.5, 0.6) is 0 Å². The van der Waals surface area contributed by atoms with Gasteiger partial charge in [0.05, 0.1) is 0 Å². The summed E-state index contributed by atoms with van der Waals surface area (Å²) in [5.74, 6) is 0. The standard InChI is InChI=1S/C6H13N.C5H8N2.Pt/c7-6-4-2-1-3-5-6;1-6-3-4-7(2)5-6;/h6H,1-5,7H2;3-4H,1-2H3;. The molecular formula is C11H21N3Pt. The third-order valence-electron chi connectivity index (χ3n) is 2.70. The minimum Gasteiger partial charge on any atom is -0.328 e. The molecule has 15 heavy (non-hydrogen) atoms. The van der Waals surface area contributed by atoms with E-state index in [4.69, 9.17) is 5.73 Å². The first-order valence-corrected chi connectivity index (χ1v) is 6.64. The Morgan fingerprint density at radius 1 is 1.13 bits per heavy atom. The van der Waals surface area contributed by atoms with Gasteiger partial charge in [0.1, 0.15) is 0 Å². The molecule has 0 aromatic carbocycles. The Labute approximate surface area is 103 Å². The molecule has 2 rings (SSSR count). The number of hydrogen-bond donors (Lipinski definition) is 1. The molecule has 2 N–H and O–H groups in total. The molecule has 0 spiro atoms. The minimum absolute atomic E-state index is 0.536. The molecule has 0 amide bonds. The third kappa shape index (κ3) is 4.48. The van der Waals surface area contributed by atoms with Gasteiger partial charge in [-0.05, 0) is 12.8 Å². The molecule has 0 atom stereocenters. The van der Waals surface area contributed by atoms with E-state index in [1.165, 1.54) is 35.9 Å². The van der Waals surface area contributed by atoms with Gasteiger partial charge < -0.3 is 5.73 Å². The average Bonchev–Trinajstić information content (AvgIpc) is 2.52. The Morgan fingerprint density at radius 3 is 1.80 bits per heavy atom. The van der Waals surface area contributed by atoms with Gasteiger partial charge in [0.25, 0.3) is 0 Å². The Bertz CT molecular complexity index is 311. The maximum atomic E-state index is 5.63. The van der Waals surface area contributed by atoms with E-state index >= 15 is 0 Å². The number of aryl methyl sites for hydroxylation is 2. The van der Waals surface area contributed by atoms with Crippen molar-refractivity contribution >= 4 is 0 Å². The molecule has 1 fully saturated rings. The van der Waals surface area contributed by atoms with Crippen molar-refractivity contribution in [1.29, 1.82) is 0 Å². The van der Waals surface area contributed by atoms with Crippen LogP contribution in [0.4, 0.5) is 0 Å². The van der Waals surface area contributed by atoms with Gasteiger partial charge >= 0.3 is 58.8 Å². The van der Waals surface area contributed by atoms with Crippen molar-refractivity contribution in [1.82, 2.24) is 9.13 Å². The number of imidazole rings is 1. The van der Waals surface area contributed by atoms with Crippen LogP contribution >= 0.6 is 0 Å². The number of rotatable bonds is 0. The van der Waals surface area contributed by atoms with Crippen LogP contribution in [0.2, 0.25) is 0 Å². The molecule has 3 nitrogen and oxygen atoms in total. The topological polar surface area (TPSA) is 35.9 Å². The van der Waals surface area contributed by atoms with Crippen molar-refractivity contribution in [2.75, 3.05) is 0 Å². The molecule has 1 heterocycles. The first-order valence-electron chi connectivity index (χ1n) is 5.50. The van der Waals surface area contributed by atoms with Gasteiger partial charge in [0.2, 0.25) is 0 Å². The van der Waals surface area contributed by atoms with Crippen molar-refractivity contribution < 1.29 is 19.4 Å². The van der Waals surface area contributed by atoms with Gasteiger partial charge in [-0.3, -0.25) is 0 Å². The van der Waals surface area contributed by atoms with Crippen molar-refractivity contribution in [3.05, 3.63) is 16.2 Å². The summed E-state index contributed by atoms with van der Waals surface area (Å²) in [6.45, 7) is 0. The average molecular weight is 390 g/mol. The van der Waals surface area contributed by atoms with E-state index in [0.29, 0.717) is 6.04 Å². The summed E-state index contributed by atoms with van der Waals surface area (Å²) in [5.41, 5.74) is 5.63. The first-order chi connectivity index (χ1) is 7.11. The molecule has 1 aliphatic rings. The van der Waals surface area contributed by atoms with Crippen LogP contribution in [0.3, 0.4) is 0 Å². The molecule has 0 radical (unpaired) electrons. The Kier molecular flexibility index (Phi) is 5.55. The summed E-state index contributed by atoms with van der Waals surface area (Å²) in [6, 6.07) is 0.536. The minimum atomic E-state index is 0.536. The molecule has 1 aliphatic carbocycles. The molecule has 90 valence electrons. The molecule has 1 aromatic rings. The van der Waals surface area contributed by atoms with Gasteiger partial charge in [-0.1, -0.05) is 19.3 Å². The number of hydrogen-bond acceptors (Lipinski definition) is 1. The second kappa shape index (κ2) is 6.44. The second-order valence-corrected chi connectivity index (χ2v) is 5.18. The maximum Gasteiger partial charge on any atom is 0.00388 e. The molecule has 0 aliphatic heterocycles. The van der Waals surface area contributed by atoms with Crippen molar-refractivity contribution in [2.24, 2.45) is 19.8 Å². The SMILES string of the molecule is Cn1ccn(C)[c]1=[Pt].NC1CCCCC1. The molecule has 4 heteroatoms. The van der Waals surface area contributed by atoms with Crippen molar-refractivity contribution in [2.45, 2.75) is 38.1 Å². The van der Waals surface area contributed by atoms with Gasteiger partial charge in [-0.15, -0.1) is 0 Å². The predicted molar refractivity (Wildman–Crippen MR) is 58.7 cm³/mol. The van der Waals surface area contributed by atoms with Crippen LogP contribution in [0.1, 0.15) is 32.1 Å². The van der Waals surface area contributed by atoms with Crippen LogP contribution in [-0.4, -0.2) is 15.2 Å². The van der Waals surface area contributed by atoms with E-state index in [9.17, 15) is 0 Å². The van der Waals surface area contributed by atoms with E-state index in [0.717, 1.165) is 0 Å². The van der Waals surface area contributed by atoms with E-state index < -0.39 is 0 Å². The van der Waals surface area contributed by atoms with Crippen LogP contribution < -0.4 is 5.73 Å². The van der Waals surface area contributed by atoms with E-state index in [1.54, 1.807) is 0 Å². The number of nitrogens with two attached hydrogens (primary N) is 1. The van der Waals surface area contributed by atoms with Gasteiger partial charge in [-0.25, -0.2) is 0 Å². The summed E-state index contributed by atoms with van der Waals surface area (Å²) in [4.78, 5) is 0. The Balaban J connectivity index is 0.000000151. The zero-order chi connectivity index (χ0) is 11.3. The van der Waals surface area contributed by atoms with Crippen molar-refractivity contribution in [3.63, 3.8) is 0 Å². The van der Waals surface area contributed by atoms with E-state index in [1.807, 2.05) is 26.5 Å². The summed E-state index contributed by atoms with van der Waals surface area (Å²) in [6.07, 6.45) is 10.7. The fraction of sp³-hybridized carbons (Fsp3) is 0.727. The van der Waals surface area contributed by atoms with Gasteiger partial charge in [-0.2, -0.15) is 0 Å². The fourth-order valence-electron chi connectivity index (χ4n) is 1.70. The van der Waals surface area contributed by atoms with Crippen LogP contribution in [0.15, 0.2) is 12.4 Å². The van der Waals surface area contributed by atoms with Crippen LogP contribution in [0.25, 0.3) is 0 Å². The quantitative estimate of drug-likeness (QED) is 0.720. The normalized spacial score (nSPS) is 17.1. The van der Waals surface area contributed by atoms with Gasteiger partial charge in [0, 0.05) is 6.04 Å². The smallest absolute Gasteiger partial charge is 0.00388 e. The molecule has 1 saturated carbocycles. The number of nitrogens with zero attached hydrogens (tertiary/aromatic N) is 2. The largest absolute Gasteiger partial charge is 0.328 e. The Hall–Kier alpha value is -0.142. The monoisotopic (exact) mass is 390 g/mol. The van der Waals surface area contributed by atoms with Crippen LogP contribution in [-0.2, 0) is 33.4 Å². The third-order valence-corrected chi connectivity index (χ3v) is 4.31. The number of aromatic nitrogens is 2. The summed E-state index contributed by atoms with van der Waals surface area (Å²) in [7, 11) is 4.06. The predicted octanol–water partition coefficient (Wildman–Crippen LogP) is 1.72. The first kappa shape index (κ1) is 12.9. The molecule has 1 aromatic heterocycles. The van der Waals surface area contributed by atoms with E-state index in [-0.39, 0.29) is 0 Å². The Morgan fingerprint density at radius 2 is 1.60 bits per heavy atom. The van der Waals surface area contributed by atoms with E-state index in [2.05, 4.69) is 28.5 Å². The molecule has 0 bridgehead atoms. The zero-order valence-corrected chi connectivity index (χ0v) is 11.8. The fourth-order valence-corrected chi connectivity index (χ4v) is 2.04. The maximum absolute atomic E-state index is 5.63. The molecule has 0 saturated heterocycles. The zero-order valence-electron chi connectivity index (χ0n) is 9.56. The summed E-state index contributed by atoms with van der Waals surface area (Å²) < 4.78 is 5.38. The van der Waals surface area contributed by atoms with Gasteiger partial charge in [0.15, 0.2) is 0 Å². The van der Waals surface area contributed by atoms with Crippen molar-refractivity contribution in [3.8, 4) is 0 Å². The second-order valence-electron chi connectivity index (χ2n) is 4.16. The summed E-state index contributed by atoms with van der Waals surface area (Å²) >= 11 is 2.27. The molecule has 0 unspecified atom stereocenters. The summed E-state index contributed by atoms with van der Waals surface area (Å²) in [5, 5.41) is 0.